The fourth-order valence-corrected chi connectivity index (χ4v) is 3.06. The first-order valence-electron chi connectivity index (χ1n) is 9.35. The van der Waals surface area contributed by atoms with Crippen LogP contribution in [-0.2, 0) is 13.3 Å². The maximum absolute atomic E-state index is 12.7. The molecule has 0 atom stereocenters. The van der Waals surface area contributed by atoms with Gasteiger partial charge in [-0.25, -0.2) is 9.36 Å². The summed E-state index contributed by atoms with van der Waals surface area (Å²) < 4.78 is 9.01. The zero-order valence-corrected chi connectivity index (χ0v) is 17.1. The van der Waals surface area contributed by atoms with E-state index in [0.717, 1.165) is 11.3 Å². The number of carbonyl (C=O) groups is 1. The Hall–Kier alpha value is -3.58. The van der Waals surface area contributed by atoms with Crippen molar-refractivity contribution in [3.63, 3.8) is 0 Å². The number of nitrogens with zero attached hydrogens (tertiary/aromatic N) is 5. The number of aromatic nitrogens is 4. The lowest BCUT2D eigenvalue weighted by Crippen LogP contribution is -2.26. The van der Waals surface area contributed by atoms with Crippen molar-refractivity contribution < 1.29 is 9.53 Å². The SMILES string of the molecule is CN(Cc1ccc(-n2cccn2)cc1)C(=O)c1ccn(COc2ccc(Cl)cc2)n1. The molecule has 152 valence electrons. The molecule has 0 saturated heterocycles. The molecule has 1 amide bonds. The van der Waals surface area contributed by atoms with Crippen LogP contribution in [0.3, 0.4) is 0 Å². The molecular formula is C22H20ClN5O2. The molecule has 0 spiro atoms. The first-order chi connectivity index (χ1) is 14.6. The molecule has 0 radical (unpaired) electrons. The van der Waals surface area contributed by atoms with E-state index >= 15 is 0 Å². The average molecular weight is 422 g/mol. The Morgan fingerprint density at radius 1 is 1.07 bits per heavy atom. The number of hydrogen-bond acceptors (Lipinski definition) is 4. The molecule has 8 heteroatoms. The first kappa shape index (κ1) is 19.7. The van der Waals surface area contributed by atoms with Crippen LogP contribution in [0.5, 0.6) is 5.75 Å². The van der Waals surface area contributed by atoms with Crippen LogP contribution in [-0.4, -0.2) is 37.4 Å². The van der Waals surface area contributed by atoms with E-state index in [1.54, 1.807) is 64.0 Å². The minimum absolute atomic E-state index is 0.156. The number of amides is 1. The van der Waals surface area contributed by atoms with Gasteiger partial charge in [0, 0.05) is 37.2 Å². The van der Waals surface area contributed by atoms with Gasteiger partial charge in [0.15, 0.2) is 12.4 Å². The Kier molecular flexibility index (Phi) is 5.81. The van der Waals surface area contributed by atoms with Gasteiger partial charge in [0.05, 0.1) is 5.69 Å². The van der Waals surface area contributed by atoms with E-state index in [1.807, 2.05) is 36.5 Å². The fourth-order valence-electron chi connectivity index (χ4n) is 2.94. The van der Waals surface area contributed by atoms with Crippen LogP contribution >= 0.6 is 11.6 Å². The van der Waals surface area contributed by atoms with Gasteiger partial charge in [0.2, 0.25) is 0 Å². The van der Waals surface area contributed by atoms with Crippen molar-refractivity contribution in [2.75, 3.05) is 7.05 Å². The van der Waals surface area contributed by atoms with E-state index in [1.165, 1.54) is 0 Å². The highest BCUT2D eigenvalue weighted by Crippen LogP contribution is 2.16. The molecule has 0 bridgehead atoms. The maximum atomic E-state index is 12.7. The Labute approximate surface area is 179 Å². The van der Waals surface area contributed by atoms with E-state index < -0.39 is 0 Å². The van der Waals surface area contributed by atoms with Crippen molar-refractivity contribution in [2.45, 2.75) is 13.3 Å². The molecule has 2 aromatic carbocycles. The molecule has 4 aromatic rings. The van der Waals surface area contributed by atoms with Crippen LogP contribution in [0.15, 0.2) is 79.3 Å². The third-order valence-electron chi connectivity index (χ3n) is 4.51. The van der Waals surface area contributed by atoms with Crippen molar-refractivity contribution in [2.24, 2.45) is 0 Å². The van der Waals surface area contributed by atoms with Gasteiger partial charge >= 0.3 is 0 Å². The standard InChI is InChI=1S/C22H20ClN5O2/c1-26(15-17-3-7-19(8-4-17)28-13-2-12-24-28)22(29)21-11-14-27(25-21)16-30-20-9-5-18(23)6-10-20/h2-14H,15-16H2,1H3. The summed E-state index contributed by atoms with van der Waals surface area (Å²) in [6.45, 7) is 0.680. The summed E-state index contributed by atoms with van der Waals surface area (Å²) in [7, 11) is 1.76. The zero-order chi connectivity index (χ0) is 20.9. The molecule has 4 rings (SSSR count). The first-order valence-corrected chi connectivity index (χ1v) is 9.72. The van der Waals surface area contributed by atoms with Gasteiger partial charge < -0.3 is 9.64 Å². The number of hydrogen-bond donors (Lipinski definition) is 0. The zero-order valence-electron chi connectivity index (χ0n) is 16.4. The molecule has 0 fully saturated rings. The maximum Gasteiger partial charge on any atom is 0.274 e. The highest BCUT2D eigenvalue weighted by atomic mass is 35.5. The van der Waals surface area contributed by atoms with Gasteiger partial charge in [-0.2, -0.15) is 10.2 Å². The van der Waals surface area contributed by atoms with E-state index in [-0.39, 0.29) is 12.6 Å². The average Bonchev–Trinajstić information content (AvgIpc) is 3.46. The van der Waals surface area contributed by atoms with E-state index in [4.69, 9.17) is 16.3 Å². The summed E-state index contributed by atoms with van der Waals surface area (Å²) >= 11 is 5.87. The summed E-state index contributed by atoms with van der Waals surface area (Å²) in [4.78, 5) is 14.3. The second kappa shape index (κ2) is 8.84. The van der Waals surface area contributed by atoms with Gasteiger partial charge in [0.25, 0.3) is 5.91 Å². The van der Waals surface area contributed by atoms with Crippen LogP contribution in [0.1, 0.15) is 16.1 Å². The van der Waals surface area contributed by atoms with Gasteiger partial charge in [-0.05, 0) is 54.1 Å². The van der Waals surface area contributed by atoms with Crippen LogP contribution in [0.25, 0.3) is 5.69 Å². The highest BCUT2D eigenvalue weighted by Gasteiger charge is 2.15. The van der Waals surface area contributed by atoms with Crippen LogP contribution in [0.2, 0.25) is 5.02 Å². The molecule has 30 heavy (non-hydrogen) atoms. The number of carbonyl (C=O) groups excluding carboxylic acids is 1. The van der Waals surface area contributed by atoms with E-state index in [0.29, 0.717) is 23.0 Å². The molecule has 0 aliphatic carbocycles. The predicted molar refractivity (Wildman–Crippen MR) is 114 cm³/mol. The smallest absolute Gasteiger partial charge is 0.274 e. The number of halogens is 1. The Balaban J connectivity index is 1.34. The fraction of sp³-hybridized carbons (Fsp3) is 0.136. The minimum Gasteiger partial charge on any atom is -0.471 e. The Morgan fingerprint density at radius 3 is 2.53 bits per heavy atom. The predicted octanol–water partition coefficient (Wildman–Crippen LogP) is 4.03. The van der Waals surface area contributed by atoms with Crippen LogP contribution in [0.4, 0.5) is 0 Å². The van der Waals surface area contributed by atoms with Gasteiger partial charge in [0.1, 0.15) is 5.75 Å². The summed E-state index contributed by atoms with van der Waals surface area (Å²) in [5.74, 6) is 0.523. The molecule has 0 aliphatic heterocycles. The monoisotopic (exact) mass is 421 g/mol. The Morgan fingerprint density at radius 2 is 1.83 bits per heavy atom. The second-order valence-corrected chi connectivity index (χ2v) is 7.18. The van der Waals surface area contributed by atoms with Gasteiger partial charge in [-0.3, -0.25) is 4.79 Å². The summed E-state index contributed by atoms with van der Waals surface area (Å²) in [5, 5.41) is 9.17. The number of ether oxygens (including phenoxy) is 1. The van der Waals surface area contributed by atoms with Crippen molar-refractivity contribution in [1.82, 2.24) is 24.5 Å². The van der Waals surface area contributed by atoms with Gasteiger partial charge in [-0.1, -0.05) is 23.7 Å². The molecule has 2 aromatic heterocycles. The largest absolute Gasteiger partial charge is 0.471 e. The van der Waals surface area contributed by atoms with E-state index in [9.17, 15) is 4.79 Å². The Bertz CT molecular complexity index is 1110. The van der Waals surface area contributed by atoms with Crippen LogP contribution in [0, 0.1) is 0 Å². The van der Waals surface area contributed by atoms with Crippen molar-refractivity contribution >= 4 is 17.5 Å². The lowest BCUT2D eigenvalue weighted by molar-refractivity contribution is 0.0777. The summed E-state index contributed by atoms with van der Waals surface area (Å²) in [5.41, 5.74) is 2.36. The molecule has 0 aliphatic rings. The van der Waals surface area contributed by atoms with E-state index in [2.05, 4.69) is 10.2 Å². The molecule has 0 N–H and O–H groups in total. The van der Waals surface area contributed by atoms with Crippen molar-refractivity contribution in [3.05, 3.63) is 95.5 Å². The third-order valence-corrected chi connectivity index (χ3v) is 4.76. The molecule has 0 unspecified atom stereocenters. The highest BCUT2D eigenvalue weighted by molar-refractivity contribution is 6.30. The lowest BCUT2D eigenvalue weighted by Gasteiger charge is -2.16. The van der Waals surface area contributed by atoms with Crippen molar-refractivity contribution in [3.8, 4) is 11.4 Å². The third kappa shape index (κ3) is 4.69. The van der Waals surface area contributed by atoms with Crippen LogP contribution < -0.4 is 4.74 Å². The number of rotatable bonds is 7. The quantitative estimate of drug-likeness (QED) is 0.452. The van der Waals surface area contributed by atoms with Crippen molar-refractivity contribution in [1.29, 1.82) is 0 Å². The molecule has 0 saturated carbocycles. The summed E-state index contributed by atoms with van der Waals surface area (Å²) in [6.07, 6.45) is 5.34. The molecule has 7 nitrogen and oxygen atoms in total. The second-order valence-electron chi connectivity index (χ2n) is 6.75. The van der Waals surface area contributed by atoms with Gasteiger partial charge in [-0.15, -0.1) is 0 Å². The lowest BCUT2D eigenvalue weighted by atomic mass is 10.2. The minimum atomic E-state index is -0.156. The normalized spacial score (nSPS) is 10.7. The molecular weight excluding hydrogens is 402 g/mol. The molecule has 2 heterocycles. The summed E-state index contributed by atoms with van der Waals surface area (Å²) in [6, 6.07) is 18.6. The number of benzene rings is 2. The topological polar surface area (TPSA) is 65.2 Å².